The fourth-order valence-corrected chi connectivity index (χ4v) is 1.74. The second-order valence-corrected chi connectivity index (χ2v) is 4.35. The minimum Gasteiger partial charge on any atom is -0.379 e. The van der Waals surface area contributed by atoms with E-state index >= 15 is 0 Å². The first-order chi connectivity index (χ1) is 9.90. The van der Waals surface area contributed by atoms with Gasteiger partial charge in [-0.25, -0.2) is 4.39 Å². The zero-order valence-electron chi connectivity index (χ0n) is 10.7. The molecule has 0 saturated carbocycles. The van der Waals surface area contributed by atoms with Crippen LogP contribution >= 0.6 is 0 Å². The highest BCUT2D eigenvalue weighted by molar-refractivity contribution is 5.49. The van der Waals surface area contributed by atoms with Gasteiger partial charge in [0.25, 0.3) is 0 Å². The minimum absolute atomic E-state index is 0.182. The van der Waals surface area contributed by atoms with Crippen LogP contribution in [0.15, 0.2) is 42.5 Å². The van der Waals surface area contributed by atoms with Gasteiger partial charge in [-0.3, -0.25) is 0 Å². The van der Waals surface area contributed by atoms with Crippen LogP contribution in [-0.2, 0) is 12.7 Å². The fourth-order valence-electron chi connectivity index (χ4n) is 1.74. The van der Waals surface area contributed by atoms with Gasteiger partial charge in [-0.15, -0.1) is 0 Å². The summed E-state index contributed by atoms with van der Waals surface area (Å²) in [7, 11) is 0. The quantitative estimate of drug-likeness (QED) is 0.855. The van der Waals surface area contributed by atoms with E-state index in [0.29, 0.717) is 5.56 Å². The third-order valence-electron chi connectivity index (χ3n) is 2.86. The molecule has 0 atom stereocenters. The first-order valence-electron chi connectivity index (χ1n) is 6.00. The standard InChI is InChI=1S/C15H10F4N2/c16-13-7-11(8-20)3-6-14(13)21-9-10-1-4-12(5-2-10)15(17,18)19/h1-7,21H,9H2. The van der Waals surface area contributed by atoms with Crippen LogP contribution in [0, 0.1) is 17.1 Å². The molecular formula is C15H10F4N2. The largest absolute Gasteiger partial charge is 0.416 e. The van der Waals surface area contributed by atoms with E-state index in [1.807, 2.05) is 6.07 Å². The Morgan fingerprint density at radius 2 is 1.71 bits per heavy atom. The summed E-state index contributed by atoms with van der Waals surface area (Å²) in [6, 6.07) is 10.4. The number of nitrogens with zero attached hydrogens (tertiary/aromatic N) is 1. The van der Waals surface area contributed by atoms with Crippen molar-refractivity contribution in [2.24, 2.45) is 0 Å². The van der Waals surface area contributed by atoms with Crippen molar-refractivity contribution in [3.05, 3.63) is 65.0 Å². The average molecular weight is 294 g/mol. The number of benzene rings is 2. The number of hydrogen-bond acceptors (Lipinski definition) is 2. The van der Waals surface area contributed by atoms with Crippen LogP contribution in [0.5, 0.6) is 0 Å². The molecule has 0 radical (unpaired) electrons. The maximum Gasteiger partial charge on any atom is 0.416 e. The lowest BCUT2D eigenvalue weighted by atomic mass is 10.1. The number of hydrogen-bond donors (Lipinski definition) is 1. The lowest BCUT2D eigenvalue weighted by Gasteiger charge is -2.10. The minimum atomic E-state index is -4.37. The third-order valence-corrected chi connectivity index (χ3v) is 2.86. The summed E-state index contributed by atoms with van der Waals surface area (Å²) in [6.45, 7) is 0.182. The molecule has 21 heavy (non-hydrogen) atoms. The Hall–Kier alpha value is -2.55. The molecule has 0 bridgehead atoms. The molecule has 2 aromatic rings. The van der Waals surface area contributed by atoms with Gasteiger partial charge in [-0.1, -0.05) is 12.1 Å². The molecule has 2 aromatic carbocycles. The highest BCUT2D eigenvalue weighted by Gasteiger charge is 2.29. The first-order valence-corrected chi connectivity index (χ1v) is 6.00. The molecule has 0 fully saturated rings. The molecule has 0 aliphatic rings. The zero-order chi connectivity index (χ0) is 15.5. The Balaban J connectivity index is 2.05. The molecule has 0 amide bonds. The van der Waals surface area contributed by atoms with E-state index in [0.717, 1.165) is 18.2 Å². The van der Waals surface area contributed by atoms with Crippen molar-refractivity contribution < 1.29 is 17.6 Å². The predicted molar refractivity (Wildman–Crippen MR) is 69.9 cm³/mol. The molecule has 0 spiro atoms. The van der Waals surface area contributed by atoms with Crippen molar-refractivity contribution in [3.63, 3.8) is 0 Å². The third kappa shape index (κ3) is 3.72. The number of halogens is 4. The second kappa shape index (κ2) is 5.83. The Morgan fingerprint density at radius 1 is 1.05 bits per heavy atom. The van der Waals surface area contributed by atoms with Crippen LogP contribution < -0.4 is 5.32 Å². The number of nitriles is 1. The van der Waals surface area contributed by atoms with Crippen molar-refractivity contribution in [1.29, 1.82) is 5.26 Å². The molecule has 0 aliphatic carbocycles. The van der Waals surface area contributed by atoms with Gasteiger partial charge in [-0.05, 0) is 35.9 Å². The topological polar surface area (TPSA) is 35.8 Å². The van der Waals surface area contributed by atoms with E-state index in [9.17, 15) is 17.6 Å². The van der Waals surface area contributed by atoms with Gasteiger partial charge in [0.05, 0.1) is 22.9 Å². The number of anilines is 1. The van der Waals surface area contributed by atoms with Crippen LogP contribution in [-0.4, -0.2) is 0 Å². The van der Waals surface area contributed by atoms with Crippen molar-refractivity contribution in [3.8, 4) is 6.07 Å². The van der Waals surface area contributed by atoms with Gasteiger partial charge >= 0.3 is 6.18 Å². The molecule has 6 heteroatoms. The molecule has 0 aliphatic heterocycles. The normalized spacial score (nSPS) is 11.0. The maximum absolute atomic E-state index is 13.6. The molecular weight excluding hydrogens is 284 g/mol. The Bertz CT molecular complexity index is 670. The lowest BCUT2D eigenvalue weighted by Crippen LogP contribution is -2.06. The number of rotatable bonds is 3. The summed E-state index contributed by atoms with van der Waals surface area (Å²) in [4.78, 5) is 0. The molecule has 0 aromatic heterocycles. The number of nitrogens with one attached hydrogen (secondary N) is 1. The molecule has 2 nitrogen and oxygen atoms in total. The Morgan fingerprint density at radius 3 is 2.24 bits per heavy atom. The molecule has 0 saturated heterocycles. The monoisotopic (exact) mass is 294 g/mol. The van der Waals surface area contributed by atoms with E-state index in [1.165, 1.54) is 24.3 Å². The van der Waals surface area contributed by atoms with E-state index in [1.54, 1.807) is 0 Å². The molecule has 1 N–H and O–H groups in total. The maximum atomic E-state index is 13.6. The van der Waals surface area contributed by atoms with Crippen LogP contribution in [0.2, 0.25) is 0 Å². The number of alkyl halides is 3. The lowest BCUT2D eigenvalue weighted by molar-refractivity contribution is -0.137. The summed E-state index contributed by atoms with van der Waals surface area (Å²) in [5.74, 6) is -0.582. The summed E-state index contributed by atoms with van der Waals surface area (Å²) in [6.07, 6.45) is -4.37. The van der Waals surface area contributed by atoms with Crippen LogP contribution in [0.1, 0.15) is 16.7 Å². The molecule has 2 rings (SSSR count). The van der Waals surface area contributed by atoms with Crippen LogP contribution in [0.4, 0.5) is 23.2 Å². The highest BCUT2D eigenvalue weighted by Crippen LogP contribution is 2.29. The molecule has 0 unspecified atom stereocenters. The summed E-state index contributed by atoms with van der Waals surface area (Å²) < 4.78 is 50.8. The smallest absolute Gasteiger partial charge is 0.379 e. The highest BCUT2D eigenvalue weighted by atomic mass is 19.4. The van der Waals surface area contributed by atoms with Gasteiger partial charge in [0, 0.05) is 6.54 Å². The van der Waals surface area contributed by atoms with E-state index in [4.69, 9.17) is 5.26 Å². The summed E-state index contributed by atoms with van der Waals surface area (Å²) in [5.41, 5.74) is 0.254. The van der Waals surface area contributed by atoms with Crippen molar-refractivity contribution in [2.45, 2.75) is 12.7 Å². The first kappa shape index (κ1) is 14.9. The van der Waals surface area contributed by atoms with E-state index in [-0.39, 0.29) is 17.8 Å². The Kier molecular flexibility index (Phi) is 4.13. The molecule has 108 valence electrons. The molecule has 0 heterocycles. The predicted octanol–water partition coefficient (Wildman–Crippen LogP) is 4.33. The van der Waals surface area contributed by atoms with Crippen molar-refractivity contribution >= 4 is 5.69 Å². The zero-order valence-corrected chi connectivity index (χ0v) is 10.7. The van der Waals surface area contributed by atoms with Gasteiger partial charge in [0.15, 0.2) is 0 Å². The summed E-state index contributed by atoms with van der Waals surface area (Å²) >= 11 is 0. The van der Waals surface area contributed by atoms with Gasteiger partial charge in [0.1, 0.15) is 5.82 Å². The van der Waals surface area contributed by atoms with Crippen LogP contribution in [0.3, 0.4) is 0 Å². The van der Waals surface area contributed by atoms with Gasteiger partial charge in [-0.2, -0.15) is 18.4 Å². The summed E-state index contributed by atoms with van der Waals surface area (Å²) in [5, 5.41) is 11.4. The van der Waals surface area contributed by atoms with Gasteiger partial charge in [0.2, 0.25) is 0 Å². The van der Waals surface area contributed by atoms with Crippen LogP contribution in [0.25, 0.3) is 0 Å². The SMILES string of the molecule is N#Cc1ccc(NCc2ccc(C(F)(F)F)cc2)c(F)c1. The van der Waals surface area contributed by atoms with E-state index < -0.39 is 17.6 Å². The fraction of sp³-hybridized carbons (Fsp3) is 0.133. The average Bonchev–Trinajstić information content (AvgIpc) is 2.45. The van der Waals surface area contributed by atoms with Gasteiger partial charge < -0.3 is 5.32 Å². The van der Waals surface area contributed by atoms with Crippen molar-refractivity contribution in [1.82, 2.24) is 0 Å². The van der Waals surface area contributed by atoms with Crippen molar-refractivity contribution in [2.75, 3.05) is 5.32 Å². The van der Waals surface area contributed by atoms with E-state index in [2.05, 4.69) is 5.32 Å². The Labute approximate surface area is 118 Å². The second-order valence-electron chi connectivity index (χ2n) is 4.35.